The average Bonchev–Trinajstić information content (AvgIpc) is 2.71. The van der Waals surface area contributed by atoms with Crippen molar-refractivity contribution < 1.29 is 23.5 Å². The van der Waals surface area contributed by atoms with Gasteiger partial charge in [-0.2, -0.15) is 0 Å². The van der Waals surface area contributed by atoms with E-state index in [1.165, 1.54) is 24.3 Å². The van der Waals surface area contributed by atoms with E-state index in [9.17, 15) is 14.4 Å². The molecule has 0 aliphatic heterocycles. The van der Waals surface area contributed by atoms with Crippen molar-refractivity contribution in [3.8, 4) is 11.5 Å². The molecule has 0 saturated carbocycles. The molecule has 0 atom stereocenters. The lowest BCUT2D eigenvalue weighted by atomic mass is 10.1. The minimum Gasteiger partial charge on any atom is -0.482 e. The minimum absolute atomic E-state index is 0.115. The Morgan fingerprint density at radius 2 is 1.83 bits per heavy atom. The molecule has 0 bridgehead atoms. The van der Waals surface area contributed by atoms with Crippen LogP contribution in [0.3, 0.4) is 0 Å². The van der Waals surface area contributed by atoms with Crippen molar-refractivity contribution in [1.29, 1.82) is 0 Å². The van der Waals surface area contributed by atoms with Crippen LogP contribution in [0.2, 0.25) is 0 Å². The van der Waals surface area contributed by atoms with Gasteiger partial charge in [-0.1, -0.05) is 23.8 Å². The van der Waals surface area contributed by atoms with Gasteiger partial charge in [-0.25, -0.2) is 9.59 Å². The molecule has 1 N–H and O–H groups in total. The lowest BCUT2D eigenvalue weighted by Gasteiger charge is -2.08. The molecule has 0 spiro atoms. The SMILES string of the molecule is C=CCNC(=O)c1cc2ccc(OC(=O)COc3ccc(C)cc3)cc2oc1=O. The fourth-order valence-corrected chi connectivity index (χ4v) is 2.51. The van der Waals surface area contributed by atoms with Crippen molar-refractivity contribution in [3.05, 3.63) is 82.7 Å². The Hall–Kier alpha value is -3.87. The maximum absolute atomic E-state index is 12.1. The van der Waals surface area contributed by atoms with Crippen LogP contribution in [0.1, 0.15) is 15.9 Å². The number of carbonyl (C=O) groups is 2. The van der Waals surface area contributed by atoms with Gasteiger partial charge < -0.3 is 19.2 Å². The zero-order valence-corrected chi connectivity index (χ0v) is 15.8. The van der Waals surface area contributed by atoms with Crippen molar-refractivity contribution in [2.75, 3.05) is 13.2 Å². The van der Waals surface area contributed by atoms with Crippen LogP contribution in [-0.2, 0) is 4.79 Å². The predicted molar refractivity (Wildman–Crippen MR) is 107 cm³/mol. The number of amides is 1. The van der Waals surface area contributed by atoms with Gasteiger partial charge in [-0.3, -0.25) is 4.79 Å². The van der Waals surface area contributed by atoms with Crippen molar-refractivity contribution in [2.45, 2.75) is 6.92 Å². The number of hydrogen-bond acceptors (Lipinski definition) is 6. The summed E-state index contributed by atoms with van der Waals surface area (Å²) in [7, 11) is 0. The van der Waals surface area contributed by atoms with Crippen LogP contribution in [-0.4, -0.2) is 25.0 Å². The lowest BCUT2D eigenvalue weighted by Crippen LogP contribution is -2.28. The molecular weight excluding hydrogens is 374 g/mol. The largest absolute Gasteiger partial charge is 0.482 e. The zero-order valence-electron chi connectivity index (χ0n) is 15.8. The number of ether oxygens (including phenoxy) is 2. The van der Waals surface area contributed by atoms with Gasteiger partial charge in [0.1, 0.15) is 22.6 Å². The first-order chi connectivity index (χ1) is 14.0. The summed E-state index contributed by atoms with van der Waals surface area (Å²) in [6.07, 6.45) is 1.50. The molecule has 0 saturated heterocycles. The number of esters is 1. The van der Waals surface area contributed by atoms with Crippen molar-refractivity contribution in [2.24, 2.45) is 0 Å². The first kappa shape index (κ1) is 19.9. The highest BCUT2D eigenvalue weighted by Crippen LogP contribution is 2.21. The molecule has 3 rings (SSSR count). The van der Waals surface area contributed by atoms with E-state index in [0.717, 1.165) is 5.56 Å². The Morgan fingerprint density at radius 1 is 1.10 bits per heavy atom. The number of hydrogen-bond donors (Lipinski definition) is 1. The summed E-state index contributed by atoms with van der Waals surface area (Å²) < 4.78 is 15.8. The van der Waals surface area contributed by atoms with Crippen LogP contribution < -0.4 is 20.4 Å². The summed E-state index contributed by atoms with van der Waals surface area (Å²) in [5.74, 6) is -0.404. The molecule has 0 unspecified atom stereocenters. The maximum atomic E-state index is 12.1. The molecule has 3 aromatic rings. The highest BCUT2D eigenvalue weighted by molar-refractivity contribution is 5.96. The van der Waals surface area contributed by atoms with Crippen molar-refractivity contribution >= 4 is 22.8 Å². The predicted octanol–water partition coefficient (Wildman–Crippen LogP) is 3.00. The van der Waals surface area contributed by atoms with Crippen LogP contribution in [0, 0.1) is 6.92 Å². The Balaban J connectivity index is 1.69. The second-order valence-electron chi connectivity index (χ2n) is 6.22. The Kier molecular flexibility index (Phi) is 6.09. The molecule has 148 valence electrons. The lowest BCUT2D eigenvalue weighted by molar-refractivity contribution is -0.136. The number of aryl methyl sites for hydroxylation is 1. The molecule has 7 nitrogen and oxygen atoms in total. The third-order valence-corrected chi connectivity index (χ3v) is 3.97. The highest BCUT2D eigenvalue weighted by atomic mass is 16.6. The maximum Gasteiger partial charge on any atom is 0.349 e. The van der Waals surface area contributed by atoms with Gasteiger partial charge in [0, 0.05) is 18.0 Å². The smallest absolute Gasteiger partial charge is 0.349 e. The average molecular weight is 393 g/mol. The van der Waals surface area contributed by atoms with Crippen LogP contribution in [0.4, 0.5) is 0 Å². The van der Waals surface area contributed by atoms with Gasteiger partial charge in [-0.15, -0.1) is 6.58 Å². The van der Waals surface area contributed by atoms with Crippen LogP contribution in [0.25, 0.3) is 11.0 Å². The number of nitrogens with one attached hydrogen (secondary N) is 1. The molecule has 0 aliphatic carbocycles. The second-order valence-corrected chi connectivity index (χ2v) is 6.22. The fourth-order valence-electron chi connectivity index (χ4n) is 2.51. The van der Waals surface area contributed by atoms with Crippen molar-refractivity contribution in [1.82, 2.24) is 5.32 Å². The highest BCUT2D eigenvalue weighted by Gasteiger charge is 2.14. The molecule has 29 heavy (non-hydrogen) atoms. The van der Waals surface area contributed by atoms with E-state index in [1.54, 1.807) is 18.2 Å². The number of fused-ring (bicyclic) bond motifs is 1. The van der Waals surface area contributed by atoms with E-state index < -0.39 is 17.5 Å². The molecule has 1 heterocycles. The third-order valence-electron chi connectivity index (χ3n) is 3.97. The summed E-state index contributed by atoms with van der Waals surface area (Å²) in [6.45, 7) is 5.41. The Morgan fingerprint density at radius 3 is 2.55 bits per heavy atom. The van der Waals surface area contributed by atoms with E-state index in [1.807, 2.05) is 19.1 Å². The second kappa shape index (κ2) is 8.88. The standard InChI is InChI=1S/C22H19NO6/c1-3-10-23-21(25)18-11-15-6-9-17(12-19(15)29-22(18)26)28-20(24)13-27-16-7-4-14(2)5-8-16/h3-9,11-12H,1,10,13H2,2H3,(H,23,25). The first-order valence-corrected chi connectivity index (χ1v) is 8.83. The van der Waals surface area contributed by atoms with Crippen LogP contribution >= 0.6 is 0 Å². The van der Waals surface area contributed by atoms with Crippen LogP contribution in [0.5, 0.6) is 11.5 Å². The zero-order chi connectivity index (χ0) is 20.8. The molecule has 1 aromatic heterocycles. The molecule has 0 radical (unpaired) electrons. The van der Waals surface area contributed by atoms with E-state index in [-0.39, 0.29) is 30.0 Å². The van der Waals surface area contributed by atoms with E-state index in [0.29, 0.717) is 11.1 Å². The topological polar surface area (TPSA) is 94.8 Å². The number of carbonyl (C=O) groups excluding carboxylic acids is 2. The summed E-state index contributed by atoms with van der Waals surface area (Å²) in [5, 5.41) is 3.04. The summed E-state index contributed by atoms with van der Waals surface area (Å²) in [5.41, 5.74) is 0.375. The molecule has 2 aromatic carbocycles. The summed E-state index contributed by atoms with van der Waals surface area (Å²) >= 11 is 0. The normalized spacial score (nSPS) is 10.4. The van der Waals surface area contributed by atoms with Gasteiger partial charge in [0.15, 0.2) is 6.61 Å². The first-order valence-electron chi connectivity index (χ1n) is 8.83. The van der Waals surface area contributed by atoms with E-state index in [4.69, 9.17) is 13.9 Å². The molecule has 0 aliphatic rings. The molecule has 1 amide bonds. The molecule has 7 heteroatoms. The number of benzene rings is 2. The fraction of sp³-hybridized carbons (Fsp3) is 0.136. The van der Waals surface area contributed by atoms with Gasteiger partial charge in [-0.05, 0) is 37.3 Å². The summed E-state index contributed by atoms with van der Waals surface area (Å²) in [6, 6.07) is 13.2. The third kappa shape index (κ3) is 5.10. The number of rotatable bonds is 7. The van der Waals surface area contributed by atoms with E-state index in [2.05, 4.69) is 11.9 Å². The molecule has 0 fully saturated rings. The van der Waals surface area contributed by atoms with Crippen LogP contribution in [0.15, 0.2) is 70.4 Å². The van der Waals surface area contributed by atoms with E-state index >= 15 is 0 Å². The Bertz CT molecular complexity index is 1110. The van der Waals surface area contributed by atoms with Gasteiger partial charge >= 0.3 is 11.6 Å². The molecular formula is C22H19NO6. The Labute approximate surface area is 166 Å². The minimum atomic E-state index is -0.787. The quantitative estimate of drug-likeness (QED) is 0.287. The summed E-state index contributed by atoms with van der Waals surface area (Å²) in [4.78, 5) is 36.1. The van der Waals surface area contributed by atoms with Gasteiger partial charge in [0.2, 0.25) is 0 Å². The van der Waals surface area contributed by atoms with Gasteiger partial charge in [0.05, 0.1) is 0 Å². The monoisotopic (exact) mass is 393 g/mol. The van der Waals surface area contributed by atoms with Gasteiger partial charge in [0.25, 0.3) is 5.91 Å². The van der Waals surface area contributed by atoms with Crippen molar-refractivity contribution in [3.63, 3.8) is 0 Å².